The molecule has 0 aliphatic heterocycles. The van der Waals surface area contributed by atoms with Crippen LogP contribution < -0.4 is 0 Å². The Morgan fingerprint density at radius 1 is 0.875 bits per heavy atom. The molecule has 2 heteroatoms. The minimum Gasteiger partial charge on any atom is -0.499 e. The van der Waals surface area contributed by atoms with Crippen LogP contribution in [0.15, 0.2) is 60.9 Å². The van der Waals surface area contributed by atoms with Gasteiger partial charge >= 0.3 is 0 Å². The van der Waals surface area contributed by atoms with Crippen LogP contribution in [0.2, 0.25) is 0 Å². The fraction of sp³-hybridized carbons (Fsp3) is 0.286. The molecule has 1 N–H and O–H groups in total. The van der Waals surface area contributed by atoms with Crippen LogP contribution in [0.1, 0.15) is 13.3 Å². The highest BCUT2D eigenvalue weighted by atomic mass is 16.5. The van der Waals surface area contributed by atoms with Gasteiger partial charge in [0, 0.05) is 0 Å². The number of aliphatic hydroxyl groups excluding tert-OH is 1. The van der Waals surface area contributed by atoms with Gasteiger partial charge in [0.1, 0.15) is 6.61 Å². The Balaban J connectivity index is 3.58. The zero-order valence-corrected chi connectivity index (χ0v) is 9.75. The molecule has 88 valence electrons. The SMILES string of the molecule is CC/C=C/C=C/C=C/C=C/C=C/OCCO. The Hall–Kier alpha value is -1.54. The van der Waals surface area contributed by atoms with Crippen LogP contribution in [0.3, 0.4) is 0 Å². The lowest BCUT2D eigenvalue weighted by molar-refractivity contribution is 0.166. The molecule has 0 amide bonds. The van der Waals surface area contributed by atoms with Gasteiger partial charge in [0.15, 0.2) is 0 Å². The van der Waals surface area contributed by atoms with Crippen molar-refractivity contribution in [3.8, 4) is 0 Å². The van der Waals surface area contributed by atoms with E-state index in [1.165, 1.54) is 0 Å². The molecule has 0 aromatic heterocycles. The van der Waals surface area contributed by atoms with Gasteiger partial charge in [-0.1, -0.05) is 55.5 Å². The standard InChI is InChI=1S/C14H20O2/c1-2-3-4-5-6-7-8-9-10-11-13-16-14-12-15/h3-11,13,15H,2,12,14H2,1H3/b4-3+,6-5+,8-7+,10-9+,13-11+. The molecule has 0 aliphatic carbocycles. The molecule has 0 saturated carbocycles. The average molecular weight is 220 g/mol. The van der Waals surface area contributed by atoms with Gasteiger partial charge in [-0.2, -0.15) is 0 Å². The Morgan fingerprint density at radius 2 is 1.44 bits per heavy atom. The van der Waals surface area contributed by atoms with Crippen molar-refractivity contribution in [1.29, 1.82) is 0 Å². The van der Waals surface area contributed by atoms with Crippen LogP contribution in [0.25, 0.3) is 0 Å². The third-order valence-corrected chi connectivity index (χ3v) is 1.53. The minimum atomic E-state index is 0.0457. The van der Waals surface area contributed by atoms with E-state index in [2.05, 4.69) is 13.0 Å². The number of hydrogen-bond donors (Lipinski definition) is 1. The van der Waals surface area contributed by atoms with Crippen LogP contribution in [0.4, 0.5) is 0 Å². The zero-order chi connectivity index (χ0) is 11.9. The predicted octanol–water partition coefficient (Wildman–Crippen LogP) is 3.14. The molecular formula is C14H20O2. The highest BCUT2D eigenvalue weighted by Crippen LogP contribution is 1.85. The van der Waals surface area contributed by atoms with Crippen molar-refractivity contribution in [1.82, 2.24) is 0 Å². The first-order chi connectivity index (χ1) is 7.91. The maximum Gasteiger partial charge on any atom is 0.110 e. The largest absolute Gasteiger partial charge is 0.499 e. The lowest BCUT2D eigenvalue weighted by Gasteiger charge is -1.91. The van der Waals surface area contributed by atoms with Crippen molar-refractivity contribution in [2.45, 2.75) is 13.3 Å². The number of aliphatic hydroxyl groups is 1. The van der Waals surface area contributed by atoms with E-state index in [9.17, 15) is 0 Å². The second kappa shape index (κ2) is 13.5. The molecular weight excluding hydrogens is 200 g/mol. The van der Waals surface area contributed by atoms with Gasteiger partial charge in [0.25, 0.3) is 0 Å². The van der Waals surface area contributed by atoms with E-state index in [1.807, 2.05) is 42.5 Å². The summed E-state index contributed by atoms with van der Waals surface area (Å²) < 4.78 is 4.93. The molecule has 0 fully saturated rings. The number of hydrogen-bond acceptors (Lipinski definition) is 2. The fourth-order valence-corrected chi connectivity index (χ4v) is 0.821. The molecule has 16 heavy (non-hydrogen) atoms. The Morgan fingerprint density at radius 3 is 2.00 bits per heavy atom. The molecule has 0 aromatic carbocycles. The van der Waals surface area contributed by atoms with Crippen molar-refractivity contribution in [2.75, 3.05) is 13.2 Å². The van der Waals surface area contributed by atoms with Gasteiger partial charge in [0.05, 0.1) is 12.9 Å². The molecule has 0 saturated heterocycles. The molecule has 0 aliphatic rings. The van der Waals surface area contributed by atoms with Crippen molar-refractivity contribution >= 4 is 0 Å². The topological polar surface area (TPSA) is 29.5 Å². The lowest BCUT2D eigenvalue weighted by atomic mass is 10.3. The predicted molar refractivity (Wildman–Crippen MR) is 69.0 cm³/mol. The molecule has 0 heterocycles. The first kappa shape index (κ1) is 14.5. The molecule has 0 radical (unpaired) electrons. The fourth-order valence-electron chi connectivity index (χ4n) is 0.821. The Kier molecular flexibility index (Phi) is 12.2. The Bertz CT molecular complexity index is 270. The highest BCUT2D eigenvalue weighted by molar-refractivity contribution is 5.17. The van der Waals surface area contributed by atoms with Gasteiger partial charge in [0.2, 0.25) is 0 Å². The maximum atomic E-state index is 8.43. The van der Waals surface area contributed by atoms with Crippen molar-refractivity contribution in [3.05, 3.63) is 60.9 Å². The first-order valence-electron chi connectivity index (χ1n) is 5.46. The molecule has 0 aromatic rings. The number of allylic oxidation sites excluding steroid dienone is 9. The van der Waals surface area contributed by atoms with Gasteiger partial charge < -0.3 is 9.84 Å². The summed E-state index contributed by atoms with van der Waals surface area (Å²) in [6, 6.07) is 0. The van der Waals surface area contributed by atoms with Crippen LogP contribution in [0.5, 0.6) is 0 Å². The summed E-state index contributed by atoms with van der Waals surface area (Å²) >= 11 is 0. The number of rotatable bonds is 8. The Labute approximate surface area is 97.9 Å². The van der Waals surface area contributed by atoms with E-state index in [0.717, 1.165) is 6.42 Å². The normalized spacial score (nSPS) is 13.1. The van der Waals surface area contributed by atoms with Crippen molar-refractivity contribution in [2.24, 2.45) is 0 Å². The van der Waals surface area contributed by atoms with E-state index in [-0.39, 0.29) is 6.61 Å². The molecule has 0 rings (SSSR count). The molecule has 2 nitrogen and oxygen atoms in total. The third-order valence-electron chi connectivity index (χ3n) is 1.53. The van der Waals surface area contributed by atoms with Crippen molar-refractivity contribution < 1.29 is 9.84 Å². The van der Waals surface area contributed by atoms with Gasteiger partial charge in [-0.15, -0.1) is 0 Å². The molecule has 0 unspecified atom stereocenters. The minimum absolute atomic E-state index is 0.0457. The van der Waals surface area contributed by atoms with E-state index in [4.69, 9.17) is 9.84 Å². The summed E-state index contributed by atoms with van der Waals surface area (Å²) in [5.41, 5.74) is 0. The molecule has 0 spiro atoms. The van der Waals surface area contributed by atoms with E-state index in [1.54, 1.807) is 12.3 Å². The quantitative estimate of drug-likeness (QED) is 0.387. The van der Waals surface area contributed by atoms with Gasteiger partial charge in [-0.3, -0.25) is 0 Å². The van der Waals surface area contributed by atoms with E-state index >= 15 is 0 Å². The molecule has 0 bridgehead atoms. The summed E-state index contributed by atoms with van der Waals surface area (Å²) in [7, 11) is 0. The van der Waals surface area contributed by atoms with E-state index < -0.39 is 0 Å². The van der Waals surface area contributed by atoms with Gasteiger partial charge in [-0.25, -0.2) is 0 Å². The lowest BCUT2D eigenvalue weighted by Crippen LogP contribution is -1.91. The van der Waals surface area contributed by atoms with Gasteiger partial charge in [-0.05, 0) is 12.5 Å². The molecule has 0 atom stereocenters. The summed E-state index contributed by atoms with van der Waals surface area (Å²) in [5.74, 6) is 0. The monoisotopic (exact) mass is 220 g/mol. The van der Waals surface area contributed by atoms with Crippen LogP contribution in [0, 0.1) is 0 Å². The maximum absolute atomic E-state index is 8.43. The van der Waals surface area contributed by atoms with Crippen LogP contribution >= 0.6 is 0 Å². The third kappa shape index (κ3) is 12.5. The summed E-state index contributed by atoms with van der Waals surface area (Å²) in [5, 5.41) is 8.43. The van der Waals surface area contributed by atoms with Crippen LogP contribution in [-0.2, 0) is 4.74 Å². The summed E-state index contributed by atoms with van der Waals surface area (Å²) in [4.78, 5) is 0. The van der Waals surface area contributed by atoms with Crippen molar-refractivity contribution in [3.63, 3.8) is 0 Å². The smallest absolute Gasteiger partial charge is 0.110 e. The second-order valence-corrected chi connectivity index (χ2v) is 2.91. The highest BCUT2D eigenvalue weighted by Gasteiger charge is 1.73. The summed E-state index contributed by atoms with van der Waals surface area (Å²) in [6.07, 6.45) is 20.2. The second-order valence-electron chi connectivity index (χ2n) is 2.91. The van der Waals surface area contributed by atoms with E-state index in [0.29, 0.717) is 6.61 Å². The van der Waals surface area contributed by atoms with Crippen LogP contribution in [-0.4, -0.2) is 18.3 Å². The average Bonchev–Trinajstić information content (AvgIpc) is 2.31. The zero-order valence-electron chi connectivity index (χ0n) is 9.75. The first-order valence-corrected chi connectivity index (χ1v) is 5.46. The summed E-state index contributed by atoms with van der Waals surface area (Å²) in [6.45, 7) is 2.49. The number of ether oxygens (including phenoxy) is 1.